The minimum atomic E-state index is -0.230. The Morgan fingerprint density at radius 2 is 2.18 bits per heavy atom. The van der Waals surface area contributed by atoms with Crippen LogP contribution in [0.15, 0.2) is 11.1 Å². The zero-order chi connectivity index (χ0) is 11.5. The van der Waals surface area contributed by atoms with Crippen LogP contribution in [0.1, 0.15) is 25.7 Å². The van der Waals surface area contributed by atoms with Crippen molar-refractivity contribution in [3.63, 3.8) is 0 Å². The highest BCUT2D eigenvalue weighted by Gasteiger charge is 2.40. The molecule has 6 nitrogen and oxygen atoms in total. The molecule has 2 N–H and O–H groups in total. The summed E-state index contributed by atoms with van der Waals surface area (Å²) in [6.07, 6.45) is 6.35. The third-order valence-corrected chi connectivity index (χ3v) is 3.95. The number of fused-ring (bicyclic) bond motifs is 3. The zero-order valence-corrected chi connectivity index (χ0v) is 9.36. The second-order valence-electron chi connectivity index (χ2n) is 5.04. The molecule has 1 spiro atoms. The highest BCUT2D eigenvalue weighted by atomic mass is 16.1. The van der Waals surface area contributed by atoms with Crippen LogP contribution < -0.4 is 10.9 Å². The van der Waals surface area contributed by atoms with Crippen molar-refractivity contribution >= 4 is 17.1 Å². The van der Waals surface area contributed by atoms with E-state index in [0.717, 1.165) is 25.0 Å². The number of aromatic nitrogens is 4. The Morgan fingerprint density at radius 3 is 3.00 bits per heavy atom. The number of nitrogens with one attached hydrogen (secondary N) is 2. The highest BCUT2D eigenvalue weighted by Crippen LogP contribution is 2.39. The van der Waals surface area contributed by atoms with Crippen LogP contribution in [-0.4, -0.2) is 25.1 Å². The summed E-state index contributed by atoms with van der Waals surface area (Å²) in [5, 5.41) is 3.43. The van der Waals surface area contributed by atoms with E-state index in [4.69, 9.17) is 0 Å². The van der Waals surface area contributed by atoms with E-state index in [-0.39, 0.29) is 11.1 Å². The molecule has 17 heavy (non-hydrogen) atoms. The number of H-pyrrole nitrogens is 1. The van der Waals surface area contributed by atoms with Gasteiger partial charge in [-0.1, -0.05) is 12.8 Å². The summed E-state index contributed by atoms with van der Waals surface area (Å²) in [6.45, 7) is 0.872. The van der Waals surface area contributed by atoms with E-state index < -0.39 is 0 Å². The molecule has 0 amide bonds. The lowest BCUT2D eigenvalue weighted by Gasteiger charge is -2.21. The van der Waals surface area contributed by atoms with Crippen molar-refractivity contribution in [1.29, 1.82) is 0 Å². The van der Waals surface area contributed by atoms with Gasteiger partial charge in [-0.25, -0.2) is 4.98 Å². The average molecular weight is 231 g/mol. The summed E-state index contributed by atoms with van der Waals surface area (Å²) in [5.74, 6) is 0.677. The quantitative estimate of drug-likeness (QED) is 0.705. The van der Waals surface area contributed by atoms with Gasteiger partial charge in [0.05, 0.1) is 18.4 Å². The molecule has 4 rings (SSSR count). The van der Waals surface area contributed by atoms with Gasteiger partial charge in [0.2, 0.25) is 5.95 Å². The maximum Gasteiger partial charge on any atom is 0.300 e. The van der Waals surface area contributed by atoms with Crippen molar-refractivity contribution in [2.45, 2.75) is 37.8 Å². The van der Waals surface area contributed by atoms with Gasteiger partial charge in [-0.3, -0.25) is 9.36 Å². The molecule has 0 bridgehead atoms. The smallest absolute Gasteiger partial charge is 0.300 e. The summed E-state index contributed by atoms with van der Waals surface area (Å²) in [7, 11) is 0. The molecule has 88 valence electrons. The second kappa shape index (κ2) is 2.88. The molecule has 1 aliphatic carbocycles. The summed E-state index contributed by atoms with van der Waals surface area (Å²) in [4.78, 5) is 23.0. The maximum absolute atomic E-state index is 11.8. The van der Waals surface area contributed by atoms with Gasteiger partial charge in [0.15, 0.2) is 11.2 Å². The van der Waals surface area contributed by atoms with Crippen LogP contribution in [-0.2, 0) is 6.54 Å². The number of imidazole rings is 1. The third kappa shape index (κ3) is 1.12. The number of rotatable bonds is 0. The number of hydrogen-bond acceptors (Lipinski definition) is 4. The molecule has 0 unspecified atom stereocenters. The normalized spacial score (nSPS) is 20.9. The first kappa shape index (κ1) is 9.21. The van der Waals surface area contributed by atoms with Crippen LogP contribution in [0.25, 0.3) is 11.2 Å². The number of aromatic amines is 1. The first-order valence-corrected chi connectivity index (χ1v) is 6.00. The summed E-state index contributed by atoms with van der Waals surface area (Å²) >= 11 is 0. The summed E-state index contributed by atoms with van der Waals surface area (Å²) in [6, 6.07) is 0. The lowest BCUT2D eigenvalue weighted by Crippen LogP contribution is -2.32. The van der Waals surface area contributed by atoms with Crippen LogP contribution >= 0.6 is 0 Å². The minimum absolute atomic E-state index is 0.111. The van der Waals surface area contributed by atoms with Crippen molar-refractivity contribution in [3.8, 4) is 0 Å². The zero-order valence-electron chi connectivity index (χ0n) is 9.36. The van der Waals surface area contributed by atoms with E-state index in [0.29, 0.717) is 11.5 Å². The van der Waals surface area contributed by atoms with Gasteiger partial charge < -0.3 is 10.3 Å². The standard InChI is InChI=1S/C11H13N5O/c17-9-7-8(13-6-12-7)16-5-11(3-1-2-4-11)15-10(16)14-9/h6H,1-5H2,(H,12,13)(H,14,15,17). The Morgan fingerprint density at radius 1 is 1.35 bits per heavy atom. The lowest BCUT2D eigenvalue weighted by molar-refractivity contribution is 0.456. The topological polar surface area (TPSA) is 75.6 Å². The van der Waals surface area contributed by atoms with E-state index in [1.807, 2.05) is 4.57 Å². The lowest BCUT2D eigenvalue weighted by atomic mass is 9.99. The van der Waals surface area contributed by atoms with Crippen LogP contribution in [0.4, 0.5) is 5.95 Å². The van der Waals surface area contributed by atoms with Gasteiger partial charge in [0, 0.05) is 0 Å². The molecule has 0 aromatic carbocycles. The van der Waals surface area contributed by atoms with E-state index in [9.17, 15) is 4.79 Å². The van der Waals surface area contributed by atoms with Crippen LogP contribution in [0.5, 0.6) is 0 Å². The monoisotopic (exact) mass is 231 g/mol. The van der Waals surface area contributed by atoms with E-state index >= 15 is 0 Å². The number of hydrogen-bond donors (Lipinski definition) is 2. The van der Waals surface area contributed by atoms with Crippen molar-refractivity contribution in [2.24, 2.45) is 0 Å². The predicted octanol–water partition coefficient (Wildman–Crippen LogP) is 0.858. The Balaban J connectivity index is 1.95. The van der Waals surface area contributed by atoms with Crippen molar-refractivity contribution in [1.82, 2.24) is 19.5 Å². The molecule has 0 saturated heterocycles. The fourth-order valence-corrected chi connectivity index (χ4v) is 3.12. The first-order valence-electron chi connectivity index (χ1n) is 6.00. The SMILES string of the molecule is O=c1nc2n(c3nc[nH]c13)CC1(CCCC1)N2. The number of nitrogens with zero attached hydrogens (tertiary/aromatic N) is 3. The van der Waals surface area contributed by atoms with Crippen molar-refractivity contribution < 1.29 is 0 Å². The third-order valence-electron chi connectivity index (χ3n) is 3.95. The summed E-state index contributed by atoms with van der Waals surface area (Å²) in [5.41, 5.74) is 1.10. The molecular formula is C11H13N5O. The fourth-order valence-electron chi connectivity index (χ4n) is 3.12. The fraction of sp³-hybridized carbons (Fsp3) is 0.545. The minimum Gasteiger partial charge on any atom is -0.348 e. The Kier molecular flexibility index (Phi) is 1.56. The molecule has 0 atom stereocenters. The largest absolute Gasteiger partial charge is 0.348 e. The van der Waals surface area contributed by atoms with E-state index in [2.05, 4.69) is 20.3 Å². The summed E-state index contributed by atoms with van der Waals surface area (Å²) < 4.78 is 2.03. The molecule has 2 aromatic rings. The molecule has 1 saturated carbocycles. The number of anilines is 1. The molecule has 6 heteroatoms. The molecule has 1 fully saturated rings. The first-order chi connectivity index (χ1) is 8.27. The van der Waals surface area contributed by atoms with Gasteiger partial charge in [-0.15, -0.1) is 0 Å². The van der Waals surface area contributed by atoms with E-state index in [1.165, 1.54) is 12.8 Å². The molecule has 0 radical (unpaired) electrons. The van der Waals surface area contributed by atoms with Crippen molar-refractivity contribution in [2.75, 3.05) is 5.32 Å². The molecule has 1 aliphatic heterocycles. The highest BCUT2D eigenvalue weighted by molar-refractivity contribution is 5.72. The van der Waals surface area contributed by atoms with Crippen LogP contribution in [0.3, 0.4) is 0 Å². The second-order valence-corrected chi connectivity index (χ2v) is 5.04. The molecule has 2 aromatic heterocycles. The van der Waals surface area contributed by atoms with Crippen molar-refractivity contribution in [3.05, 3.63) is 16.7 Å². The van der Waals surface area contributed by atoms with Gasteiger partial charge in [-0.2, -0.15) is 4.98 Å². The van der Waals surface area contributed by atoms with Crippen LogP contribution in [0, 0.1) is 0 Å². The van der Waals surface area contributed by atoms with Gasteiger partial charge in [-0.05, 0) is 12.8 Å². The van der Waals surface area contributed by atoms with Gasteiger partial charge in [0.1, 0.15) is 0 Å². The maximum atomic E-state index is 11.8. The molecule has 2 aliphatic rings. The Bertz CT molecular complexity index is 649. The molecular weight excluding hydrogens is 218 g/mol. The van der Waals surface area contributed by atoms with Gasteiger partial charge >= 0.3 is 5.56 Å². The Labute approximate surface area is 97.1 Å². The van der Waals surface area contributed by atoms with E-state index in [1.54, 1.807) is 6.33 Å². The van der Waals surface area contributed by atoms with Gasteiger partial charge in [0.25, 0.3) is 0 Å². The predicted molar refractivity (Wildman–Crippen MR) is 63.0 cm³/mol. The molecule has 3 heterocycles. The average Bonchev–Trinajstić information content (AvgIpc) is 2.99. The Hall–Kier alpha value is -1.85. The van der Waals surface area contributed by atoms with Crippen LogP contribution in [0.2, 0.25) is 0 Å².